The number of hydrogen-bond acceptors (Lipinski definition) is 8. The second-order valence-corrected chi connectivity index (χ2v) is 15.1. The quantitative estimate of drug-likeness (QED) is 0.129. The molecule has 1 amide bonds. The number of nitrogens with two attached hydrogens (primary N) is 1. The predicted octanol–water partition coefficient (Wildman–Crippen LogP) is 4.75. The fourth-order valence-electron chi connectivity index (χ4n) is 5.71. The van der Waals surface area contributed by atoms with Gasteiger partial charge in [0.2, 0.25) is 11.7 Å². The van der Waals surface area contributed by atoms with Crippen molar-refractivity contribution in [2.45, 2.75) is 103 Å². The van der Waals surface area contributed by atoms with Crippen LogP contribution < -0.4 is 20.5 Å². The van der Waals surface area contributed by atoms with E-state index in [1.807, 2.05) is 45.0 Å². The minimum absolute atomic E-state index is 0.0980. The maximum atomic E-state index is 13.6. The number of nitrogens with one attached hydrogen (secondary N) is 2. The molecule has 1 aliphatic heterocycles. The zero-order valence-corrected chi connectivity index (χ0v) is 29.0. The van der Waals surface area contributed by atoms with Crippen molar-refractivity contribution in [2.24, 2.45) is 17.8 Å². The van der Waals surface area contributed by atoms with E-state index >= 15 is 0 Å². The topological polar surface area (TPSA) is 167 Å². The Kier molecular flexibility index (Phi) is 9.77. The molecule has 0 saturated heterocycles. The largest absolute Gasteiger partial charge is 0.487 e. The van der Waals surface area contributed by atoms with Gasteiger partial charge in [-0.1, -0.05) is 12.1 Å². The number of aromatic nitrogens is 2. The number of amides is 1. The summed E-state index contributed by atoms with van der Waals surface area (Å²) in [4.78, 5) is 35.1. The second kappa shape index (κ2) is 12.9. The van der Waals surface area contributed by atoms with E-state index in [0.717, 1.165) is 28.8 Å². The first kappa shape index (κ1) is 34.7. The number of fused-ring (bicyclic) bond motifs is 2. The summed E-state index contributed by atoms with van der Waals surface area (Å²) in [6.07, 6.45) is 1.22. The van der Waals surface area contributed by atoms with Gasteiger partial charge >= 0.3 is 6.09 Å². The van der Waals surface area contributed by atoms with Crippen LogP contribution in [0, 0.1) is 20.8 Å². The van der Waals surface area contributed by atoms with Crippen LogP contribution >= 0.6 is 0 Å². The van der Waals surface area contributed by atoms with Crippen LogP contribution in [0.4, 0.5) is 4.79 Å². The van der Waals surface area contributed by atoms with Crippen LogP contribution in [0.25, 0.3) is 11.0 Å². The lowest BCUT2D eigenvalue weighted by atomic mass is 9.88. The molecule has 1 aromatic heterocycles. The molecule has 250 valence electrons. The average molecular weight is 655 g/mol. The van der Waals surface area contributed by atoms with Crippen LogP contribution in [0.5, 0.6) is 5.75 Å². The van der Waals surface area contributed by atoms with Crippen molar-refractivity contribution in [3.8, 4) is 5.75 Å². The molecule has 3 aromatic rings. The molecular weight excluding hydrogens is 608 g/mol. The number of aliphatic imine (C=N–C) groups is 1. The fourth-order valence-corrected chi connectivity index (χ4v) is 7.23. The van der Waals surface area contributed by atoms with Crippen LogP contribution in [0.1, 0.15) is 86.8 Å². The molecule has 0 spiro atoms. The molecule has 0 fully saturated rings. The SMILES string of the molecule is Cc1c(C)c(S(=O)(=O)NC(N)=NCCC[C@@H](NC(=O)OC(C)(C)C)C(=O)c2nc3ccccc3n2C)c(C)c2c1OC(C)(C)CC2. The Morgan fingerprint density at radius 3 is 2.48 bits per heavy atom. The minimum atomic E-state index is -4.06. The number of para-hydroxylation sites is 2. The first-order chi connectivity index (χ1) is 21.3. The van der Waals surface area contributed by atoms with Crippen molar-refractivity contribution in [3.63, 3.8) is 0 Å². The van der Waals surface area contributed by atoms with E-state index in [4.69, 9.17) is 15.2 Å². The number of carbonyl (C=O) groups is 2. The summed E-state index contributed by atoms with van der Waals surface area (Å²) in [6.45, 7) is 14.8. The number of rotatable bonds is 9. The molecular formula is C33H46N6O6S. The Hall–Kier alpha value is -4.13. The molecule has 4 N–H and O–H groups in total. The number of imidazole rings is 1. The monoisotopic (exact) mass is 654 g/mol. The second-order valence-electron chi connectivity index (χ2n) is 13.4. The number of nitrogens with zero attached hydrogens (tertiary/aromatic N) is 3. The predicted molar refractivity (Wildman–Crippen MR) is 178 cm³/mol. The van der Waals surface area contributed by atoms with E-state index in [-0.39, 0.29) is 41.0 Å². The summed E-state index contributed by atoms with van der Waals surface area (Å²) in [5, 5.41) is 2.67. The van der Waals surface area contributed by atoms with Crippen LogP contribution in [-0.2, 0) is 28.2 Å². The first-order valence-electron chi connectivity index (χ1n) is 15.4. The van der Waals surface area contributed by atoms with Crippen molar-refractivity contribution in [1.82, 2.24) is 19.6 Å². The fraction of sp³-hybridized carbons (Fsp3) is 0.515. The molecule has 0 saturated carbocycles. The molecule has 4 rings (SSSR count). The van der Waals surface area contributed by atoms with Gasteiger partial charge in [0.05, 0.1) is 22.0 Å². The van der Waals surface area contributed by atoms with E-state index in [1.54, 1.807) is 46.2 Å². The number of aryl methyl sites for hydroxylation is 1. The Morgan fingerprint density at radius 2 is 1.83 bits per heavy atom. The van der Waals surface area contributed by atoms with E-state index in [9.17, 15) is 18.0 Å². The highest BCUT2D eigenvalue weighted by Crippen LogP contribution is 2.42. The number of ether oxygens (including phenoxy) is 2. The van der Waals surface area contributed by atoms with Gasteiger partial charge in [0.15, 0.2) is 5.82 Å². The van der Waals surface area contributed by atoms with Gasteiger partial charge < -0.3 is 25.1 Å². The van der Waals surface area contributed by atoms with Crippen molar-refractivity contribution in [2.75, 3.05) is 6.54 Å². The van der Waals surface area contributed by atoms with Gasteiger partial charge in [-0.2, -0.15) is 0 Å². The molecule has 1 atom stereocenters. The molecule has 2 aromatic carbocycles. The summed E-state index contributed by atoms with van der Waals surface area (Å²) < 4.78 is 42.8. The van der Waals surface area contributed by atoms with Crippen molar-refractivity contribution >= 4 is 38.9 Å². The van der Waals surface area contributed by atoms with E-state index in [2.05, 4.69) is 20.0 Å². The number of sulfonamides is 1. The number of Topliss-reactive ketones (excluding diaryl/α,β-unsaturated/α-hetero) is 1. The van der Waals surface area contributed by atoms with E-state index in [0.29, 0.717) is 29.5 Å². The van der Waals surface area contributed by atoms with Crippen LogP contribution in [0.15, 0.2) is 34.2 Å². The molecule has 0 aliphatic carbocycles. The number of guanidine groups is 1. The number of hydrogen-bond donors (Lipinski definition) is 3. The maximum Gasteiger partial charge on any atom is 0.408 e. The first-order valence-corrected chi connectivity index (χ1v) is 16.9. The maximum absolute atomic E-state index is 13.6. The standard InChI is InChI=1S/C33H46N6O6S/c1-19-20(2)28(21(3)22-16-17-33(7,8)44-27(19)22)46(42,43)38-30(34)35-18-12-14-24(37-31(41)45-32(4,5)6)26(40)29-36-23-13-10-11-15-25(23)39(29)9/h10-11,13,15,24H,12,14,16-18H2,1-9H3,(H,37,41)(H3,34,35,38)/t24-/m1/s1. The number of alkyl carbamates (subject to hydrolysis) is 1. The Bertz CT molecular complexity index is 1800. The van der Waals surface area contributed by atoms with Crippen LogP contribution in [-0.4, -0.2) is 59.6 Å². The highest BCUT2D eigenvalue weighted by Gasteiger charge is 2.34. The molecule has 1 aliphatic rings. The molecule has 2 heterocycles. The lowest BCUT2D eigenvalue weighted by molar-refractivity contribution is 0.0487. The van der Waals surface area contributed by atoms with Gasteiger partial charge in [-0.25, -0.2) is 22.9 Å². The van der Waals surface area contributed by atoms with Crippen LogP contribution in [0.3, 0.4) is 0 Å². The molecule has 13 heteroatoms. The van der Waals surface area contributed by atoms with Crippen molar-refractivity contribution in [1.29, 1.82) is 0 Å². The van der Waals surface area contributed by atoms with Gasteiger partial charge in [0.1, 0.15) is 17.0 Å². The van der Waals surface area contributed by atoms with Gasteiger partial charge in [-0.3, -0.25) is 9.79 Å². The highest BCUT2D eigenvalue weighted by atomic mass is 32.2. The Morgan fingerprint density at radius 1 is 1.15 bits per heavy atom. The van der Waals surface area contributed by atoms with Crippen molar-refractivity contribution < 1.29 is 27.5 Å². The normalized spacial score (nSPS) is 15.5. The Labute approximate surface area is 271 Å². The number of ketones is 1. The van der Waals surface area contributed by atoms with E-state index < -0.39 is 27.8 Å². The lowest BCUT2D eigenvalue weighted by Gasteiger charge is -2.35. The van der Waals surface area contributed by atoms with Gasteiger partial charge in [-0.15, -0.1) is 0 Å². The lowest BCUT2D eigenvalue weighted by Crippen LogP contribution is -2.44. The number of carbonyl (C=O) groups excluding carboxylic acids is 2. The molecule has 46 heavy (non-hydrogen) atoms. The molecule has 0 unspecified atom stereocenters. The smallest absolute Gasteiger partial charge is 0.408 e. The highest BCUT2D eigenvalue weighted by molar-refractivity contribution is 7.90. The third-order valence-corrected chi connectivity index (χ3v) is 9.75. The summed E-state index contributed by atoms with van der Waals surface area (Å²) in [5.41, 5.74) is 9.28. The van der Waals surface area contributed by atoms with Crippen LogP contribution in [0.2, 0.25) is 0 Å². The average Bonchev–Trinajstić information content (AvgIpc) is 3.27. The molecule has 0 radical (unpaired) electrons. The molecule has 0 bridgehead atoms. The number of benzene rings is 2. The minimum Gasteiger partial charge on any atom is -0.487 e. The molecule has 12 nitrogen and oxygen atoms in total. The Balaban J connectivity index is 1.49. The zero-order chi connectivity index (χ0) is 34.2. The summed E-state index contributed by atoms with van der Waals surface area (Å²) in [7, 11) is -2.32. The van der Waals surface area contributed by atoms with E-state index in [1.165, 1.54) is 0 Å². The summed E-state index contributed by atoms with van der Waals surface area (Å²) in [5.74, 6) is 0.279. The van der Waals surface area contributed by atoms with Gasteiger partial charge in [0, 0.05) is 13.6 Å². The third-order valence-electron chi connectivity index (χ3n) is 8.12. The van der Waals surface area contributed by atoms with Gasteiger partial charge in [-0.05, 0) is 115 Å². The third kappa shape index (κ3) is 7.63. The summed E-state index contributed by atoms with van der Waals surface area (Å²) >= 11 is 0. The van der Waals surface area contributed by atoms with Crippen molar-refractivity contribution in [3.05, 3.63) is 52.3 Å². The van der Waals surface area contributed by atoms with Gasteiger partial charge in [0.25, 0.3) is 10.0 Å². The summed E-state index contributed by atoms with van der Waals surface area (Å²) in [6, 6.07) is 6.40. The zero-order valence-electron chi connectivity index (χ0n) is 28.2.